The van der Waals surface area contributed by atoms with Crippen LogP contribution in [0.4, 0.5) is 11.4 Å². The number of Topliss-reactive ketones (excluding diaryl/α,β-unsaturated/α-hetero) is 1. The molecule has 5 rings (SSSR count). The number of aliphatic hydroxyl groups is 1. The number of ether oxygens (including phenoxy) is 1. The molecule has 0 fully saturated rings. The number of hydrogen-bond donors (Lipinski definition) is 6. The van der Waals surface area contributed by atoms with Gasteiger partial charge in [0.05, 0.1) is 30.5 Å². The van der Waals surface area contributed by atoms with Crippen LogP contribution in [0.25, 0.3) is 5.76 Å². The molecule has 0 bridgehead atoms. The zero-order chi connectivity index (χ0) is 37.4. The Morgan fingerprint density at radius 3 is 2.41 bits per heavy atom. The number of sulfonamides is 2. The van der Waals surface area contributed by atoms with Crippen molar-refractivity contribution in [3.05, 3.63) is 89.0 Å². The van der Waals surface area contributed by atoms with Gasteiger partial charge in [0.1, 0.15) is 27.5 Å². The second kappa shape index (κ2) is 14.6. The van der Waals surface area contributed by atoms with Crippen molar-refractivity contribution in [2.45, 2.75) is 43.7 Å². The molecule has 1 atom stereocenters. The summed E-state index contributed by atoms with van der Waals surface area (Å²) in [6.45, 7) is 4.40. The van der Waals surface area contributed by atoms with E-state index >= 15 is 0 Å². The number of anilines is 2. The lowest BCUT2D eigenvalue weighted by Crippen LogP contribution is -2.56. The van der Waals surface area contributed by atoms with E-state index in [0.29, 0.717) is 18.7 Å². The number of rotatable bonds is 14. The Bertz CT molecular complexity index is 2120. The van der Waals surface area contributed by atoms with Crippen LogP contribution in [0.1, 0.15) is 43.4 Å². The van der Waals surface area contributed by atoms with Crippen molar-refractivity contribution in [3.8, 4) is 5.75 Å². The third-order valence-electron chi connectivity index (χ3n) is 8.58. The third kappa shape index (κ3) is 8.41. The van der Waals surface area contributed by atoms with Crippen LogP contribution in [0.3, 0.4) is 0 Å². The number of aliphatic hydroxyl groups excluding tert-OH is 1. The molecule has 1 unspecified atom stereocenters. The quantitative estimate of drug-likeness (QED) is 0.127. The first-order valence-electron chi connectivity index (χ1n) is 16.0. The summed E-state index contributed by atoms with van der Waals surface area (Å²) < 4.78 is 88.4. The van der Waals surface area contributed by atoms with Crippen LogP contribution in [0, 0.1) is 5.92 Å². The summed E-state index contributed by atoms with van der Waals surface area (Å²) in [5, 5.41) is 14.5. The molecule has 17 heteroatoms. The Labute approximate surface area is 300 Å². The zero-order valence-corrected chi connectivity index (χ0v) is 31.3. The maximum atomic E-state index is 14.9. The van der Waals surface area contributed by atoms with E-state index < -0.39 is 53.5 Å². The molecule has 2 aliphatic rings. The second-order valence-electron chi connectivity index (χ2n) is 13.1. The summed E-state index contributed by atoms with van der Waals surface area (Å²) in [4.78, 5) is 16.6. The largest absolute Gasteiger partial charge is 0.506 e. The molecule has 0 spiro atoms. The van der Waals surface area contributed by atoms with Crippen molar-refractivity contribution in [1.29, 1.82) is 0 Å². The predicted octanol–water partition coefficient (Wildman–Crippen LogP) is 5.15. The Morgan fingerprint density at radius 1 is 1.04 bits per heavy atom. The smallest absolute Gasteiger partial charge is 0.229 e. The van der Waals surface area contributed by atoms with Gasteiger partial charge in [-0.1, -0.05) is 67.1 Å². The van der Waals surface area contributed by atoms with E-state index in [9.17, 15) is 35.8 Å². The van der Waals surface area contributed by atoms with Crippen molar-refractivity contribution in [2.75, 3.05) is 42.7 Å². The average molecular weight is 762 g/mol. The highest BCUT2D eigenvalue weighted by atomic mass is 32.3. The zero-order valence-electron chi connectivity index (χ0n) is 28.9. The first-order chi connectivity index (χ1) is 23.9. The van der Waals surface area contributed by atoms with Crippen LogP contribution >= 0.6 is 10.8 Å². The highest BCUT2D eigenvalue weighted by Gasteiger charge is 2.51. The highest BCUT2D eigenvalue weighted by Crippen LogP contribution is 2.57. The van der Waals surface area contributed by atoms with Gasteiger partial charge in [0.25, 0.3) is 0 Å². The molecule has 1 heterocycles. The molecule has 3 aromatic carbocycles. The van der Waals surface area contributed by atoms with Gasteiger partial charge in [-0.25, -0.2) is 16.8 Å². The number of ketones is 1. The van der Waals surface area contributed by atoms with E-state index in [1.807, 2.05) is 43.0 Å². The molecule has 1 aliphatic carbocycles. The summed E-state index contributed by atoms with van der Waals surface area (Å²) in [6, 6.07) is 17.8. The fraction of sp³-hybridized carbons (Fsp3) is 0.353. The summed E-state index contributed by atoms with van der Waals surface area (Å²) in [6.07, 6.45) is 1.38. The van der Waals surface area contributed by atoms with Gasteiger partial charge in [0.2, 0.25) is 20.0 Å². The molecular formula is C34H43N5O9S3. The number of nitrogens with zero attached hydrogens (tertiary/aromatic N) is 2. The molecular weight excluding hydrogens is 719 g/mol. The summed E-state index contributed by atoms with van der Waals surface area (Å²) >= 11 is 0. The van der Waals surface area contributed by atoms with Gasteiger partial charge in [0, 0.05) is 24.2 Å². The number of hydrogen-bond acceptors (Lipinski definition) is 12. The maximum Gasteiger partial charge on any atom is 0.229 e. The van der Waals surface area contributed by atoms with E-state index in [0.717, 1.165) is 11.8 Å². The van der Waals surface area contributed by atoms with E-state index in [4.69, 9.17) is 4.74 Å². The van der Waals surface area contributed by atoms with Crippen molar-refractivity contribution in [1.82, 2.24) is 9.62 Å². The number of carbonyl (C=O) groups excluding carboxylic acids is 1. The minimum Gasteiger partial charge on any atom is -0.506 e. The second-order valence-corrected chi connectivity index (χ2v) is 18.3. The van der Waals surface area contributed by atoms with Gasteiger partial charge in [-0.2, -0.15) is 4.72 Å². The fourth-order valence-electron chi connectivity index (χ4n) is 6.13. The number of carbonyl (C=O) groups is 1. The van der Waals surface area contributed by atoms with Crippen LogP contribution in [0.2, 0.25) is 0 Å². The number of nitrogens with one attached hydrogen (secondary N) is 3. The Balaban J connectivity index is 1.53. The van der Waals surface area contributed by atoms with Gasteiger partial charge in [-0.05, 0) is 55.6 Å². The van der Waals surface area contributed by atoms with Crippen molar-refractivity contribution < 1.29 is 40.6 Å². The molecule has 3 aromatic rings. The third-order valence-corrected chi connectivity index (χ3v) is 11.9. The molecule has 0 saturated carbocycles. The normalized spacial score (nSPS) is 19.2. The van der Waals surface area contributed by atoms with E-state index in [1.54, 1.807) is 38.4 Å². The summed E-state index contributed by atoms with van der Waals surface area (Å²) in [7, 11) is -8.58. The van der Waals surface area contributed by atoms with E-state index in [-0.39, 0.29) is 57.9 Å². The van der Waals surface area contributed by atoms with Crippen molar-refractivity contribution in [3.63, 3.8) is 0 Å². The van der Waals surface area contributed by atoms with E-state index in [2.05, 4.69) is 19.2 Å². The molecule has 0 saturated heterocycles. The summed E-state index contributed by atoms with van der Waals surface area (Å²) in [5.41, 5.74) is -0.876. The average Bonchev–Trinajstić information content (AvgIpc) is 3.05. The Hall–Kier alpha value is -3.97. The number of para-hydroxylation sites is 1. The van der Waals surface area contributed by atoms with Gasteiger partial charge < -0.3 is 20.1 Å². The Kier molecular flexibility index (Phi) is 10.9. The van der Waals surface area contributed by atoms with Crippen LogP contribution in [0.15, 0.2) is 81.6 Å². The molecule has 276 valence electrons. The molecule has 0 radical (unpaired) electrons. The first kappa shape index (κ1) is 38.3. The molecule has 51 heavy (non-hydrogen) atoms. The number of methoxy groups -OCH3 is 1. The molecule has 0 aromatic heterocycles. The standard InChI is InChI=1S/C34H43N5O9S3/c1-22(2)16-17-34(38-50(44,45)19-18-39(3)21-23-10-6-9-13-28(23)48-4)26-12-8-7-11-25(26)31(40)30(32(34)41)33-35-27-15-14-24(36-49(5,42)43)20-29(27)51(46,47)37-33/h6-15,20,22,36,38,40,46-47H,16-19,21H2,1-5H3,(H,35,37). The minimum atomic E-state index is -4.19. The number of amidine groups is 1. The first-order valence-corrected chi connectivity index (χ1v) is 21.1. The predicted molar refractivity (Wildman–Crippen MR) is 200 cm³/mol. The van der Waals surface area contributed by atoms with Gasteiger partial charge in [0.15, 0.2) is 11.6 Å². The Morgan fingerprint density at radius 2 is 1.73 bits per heavy atom. The van der Waals surface area contributed by atoms with Crippen LogP contribution < -0.4 is 19.5 Å². The van der Waals surface area contributed by atoms with Gasteiger partial charge in [-0.3, -0.25) is 18.6 Å². The fourth-order valence-corrected chi connectivity index (χ4v) is 9.36. The molecule has 14 nitrogen and oxygen atoms in total. The summed E-state index contributed by atoms with van der Waals surface area (Å²) in [5.74, 6) is -1.36. The monoisotopic (exact) mass is 761 g/mol. The van der Waals surface area contributed by atoms with E-state index in [1.165, 1.54) is 18.2 Å². The molecule has 1 aliphatic heterocycles. The lowest BCUT2D eigenvalue weighted by molar-refractivity contribution is -0.121. The number of fused-ring (bicyclic) bond motifs is 2. The van der Waals surface area contributed by atoms with Gasteiger partial charge in [-0.15, -0.1) is 4.40 Å². The minimum absolute atomic E-state index is 0.0220. The van der Waals surface area contributed by atoms with Crippen LogP contribution in [0.5, 0.6) is 5.75 Å². The SMILES string of the molecule is COc1ccccc1CN(C)CCS(=O)(=O)NC1(CCC(C)C)C(=O)C(C2=NS(O)(O)c3cc(NS(C)(=O)=O)ccc3N2)=C(O)c2ccccc21. The van der Waals surface area contributed by atoms with Crippen LogP contribution in [-0.4, -0.2) is 80.3 Å². The molecule has 6 N–H and O–H groups in total. The highest BCUT2D eigenvalue weighted by molar-refractivity contribution is 8.23. The number of benzene rings is 3. The maximum absolute atomic E-state index is 14.9. The van der Waals surface area contributed by atoms with Crippen molar-refractivity contribution >= 4 is 59.6 Å². The lowest BCUT2D eigenvalue weighted by Gasteiger charge is -2.41. The van der Waals surface area contributed by atoms with Crippen molar-refractivity contribution in [2.24, 2.45) is 10.3 Å². The van der Waals surface area contributed by atoms with Crippen LogP contribution in [-0.2, 0) is 36.9 Å². The lowest BCUT2D eigenvalue weighted by atomic mass is 9.72. The molecule has 0 amide bonds. The van der Waals surface area contributed by atoms with Gasteiger partial charge >= 0.3 is 0 Å². The topological polar surface area (TPSA) is 207 Å².